The molecular weight excluding hydrogens is 350 g/mol. The predicted molar refractivity (Wildman–Crippen MR) is 93.0 cm³/mol. The first-order chi connectivity index (χ1) is 11.6. The first-order valence-corrected chi connectivity index (χ1v) is 9.01. The average Bonchev–Trinajstić information content (AvgIpc) is 3.20. The topological polar surface area (TPSA) is 94.3 Å². The summed E-state index contributed by atoms with van der Waals surface area (Å²) in [4.78, 5) is 22.9. The normalized spacial score (nSPS) is 10.9. The van der Waals surface area contributed by atoms with Crippen molar-refractivity contribution in [3.63, 3.8) is 0 Å². The van der Waals surface area contributed by atoms with Gasteiger partial charge < -0.3 is 9.15 Å². The maximum atomic E-state index is 11.8. The van der Waals surface area contributed by atoms with E-state index in [9.17, 15) is 9.59 Å². The van der Waals surface area contributed by atoms with Crippen LogP contribution in [0, 0.1) is 0 Å². The maximum Gasteiger partial charge on any atom is 0.305 e. The highest BCUT2D eigenvalue weighted by molar-refractivity contribution is 8.01. The molecule has 0 aliphatic rings. The number of carbonyl (C=O) groups excluding carboxylic acids is 2. The Bertz CT molecular complexity index is 724. The second kappa shape index (κ2) is 9.24. The molecule has 0 bridgehead atoms. The number of furan rings is 1. The van der Waals surface area contributed by atoms with Crippen LogP contribution in [-0.4, -0.2) is 34.9 Å². The number of esters is 1. The van der Waals surface area contributed by atoms with Gasteiger partial charge in [0.1, 0.15) is 11.5 Å². The van der Waals surface area contributed by atoms with Gasteiger partial charge in [0, 0.05) is 12.5 Å². The molecule has 0 aliphatic carbocycles. The molecule has 0 saturated heterocycles. The number of aromatic nitrogens is 2. The third-order valence-corrected chi connectivity index (χ3v) is 4.64. The van der Waals surface area contributed by atoms with Gasteiger partial charge in [0.25, 0.3) is 0 Å². The van der Waals surface area contributed by atoms with E-state index in [0.717, 1.165) is 10.1 Å². The fraction of sp³-hybridized carbons (Fsp3) is 0.333. The van der Waals surface area contributed by atoms with E-state index in [1.807, 2.05) is 6.92 Å². The Kier molecular flexibility index (Phi) is 7.01. The Morgan fingerprint density at radius 2 is 2.25 bits per heavy atom. The number of carbonyl (C=O) groups is 2. The van der Waals surface area contributed by atoms with Gasteiger partial charge in [0.15, 0.2) is 4.34 Å². The summed E-state index contributed by atoms with van der Waals surface area (Å²) in [5.41, 5.74) is 0. The van der Waals surface area contributed by atoms with Gasteiger partial charge >= 0.3 is 5.97 Å². The van der Waals surface area contributed by atoms with Gasteiger partial charge in [-0.2, -0.15) is 0 Å². The van der Waals surface area contributed by atoms with Crippen molar-refractivity contribution < 1.29 is 18.7 Å². The minimum Gasteiger partial charge on any atom is -0.469 e. The highest BCUT2D eigenvalue weighted by atomic mass is 32.2. The molecule has 128 valence electrons. The molecule has 0 radical (unpaired) electrons. The number of thioether (sulfide) groups is 1. The van der Waals surface area contributed by atoms with E-state index in [1.54, 1.807) is 30.0 Å². The zero-order valence-electron chi connectivity index (χ0n) is 13.3. The standard InChI is InChI=1S/C15H17N3O4S2/c1-3-23-15-18-17-14(24-15)16-12(19)8-6-10-4-5-11(22-10)7-9-13(20)21-2/h4-6,8H,3,7,9H2,1-2H3,(H,16,17,19)/b8-6+. The zero-order chi connectivity index (χ0) is 17.4. The van der Waals surface area contributed by atoms with Crippen LogP contribution in [0.2, 0.25) is 0 Å². The van der Waals surface area contributed by atoms with Crippen molar-refractivity contribution in [3.8, 4) is 0 Å². The predicted octanol–water partition coefficient (Wildman–Crippen LogP) is 3.00. The lowest BCUT2D eigenvalue weighted by Crippen LogP contribution is -2.07. The largest absolute Gasteiger partial charge is 0.469 e. The summed E-state index contributed by atoms with van der Waals surface area (Å²) in [6.45, 7) is 2.02. The number of methoxy groups -OCH3 is 1. The lowest BCUT2D eigenvalue weighted by Gasteiger charge is -1.96. The summed E-state index contributed by atoms with van der Waals surface area (Å²) >= 11 is 2.90. The van der Waals surface area contributed by atoms with Crippen molar-refractivity contribution in [2.75, 3.05) is 18.2 Å². The van der Waals surface area contributed by atoms with Crippen LogP contribution in [0.5, 0.6) is 0 Å². The number of nitrogens with one attached hydrogen (secondary N) is 1. The average molecular weight is 367 g/mol. The molecule has 0 fully saturated rings. The van der Waals surface area contributed by atoms with Crippen molar-refractivity contribution in [1.82, 2.24) is 10.2 Å². The van der Waals surface area contributed by atoms with E-state index in [0.29, 0.717) is 23.1 Å². The van der Waals surface area contributed by atoms with E-state index in [2.05, 4.69) is 20.3 Å². The number of anilines is 1. The van der Waals surface area contributed by atoms with Gasteiger partial charge in [0.05, 0.1) is 13.5 Å². The summed E-state index contributed by atoms with van der Waals surface area (Å²) in [5, 5.41) is 11.0. The van der Waals surface area contributed by atoms with E-state index in [4.69, 9.17) is 4.42 Å². The van der Waals surface area contributed by atoms with Gasteiger partial charge in [-0.1, -0.05) is 30.0 Å². The van der Waals surface area contributed by atoms with Crippen LogP contribution in [0.3, 0.4) is 0 Å². The number of hydrogen-bond donors (Lipinski definition) is 1. The molecule has 7 nitrogen and oxygen atoms in total. The lowest BCUT2D eigenvalue weighted by atomic mass is 10.2. The summed E-state index contributed by atoms with van der Waals surface area (Å²) in [6, 6.07) is 3.50. The molecule has 1 N–H and O–H groups in total. The molecule has 0 saturated carbocycles. The Balaban J connectivity index is 1.84. The Labute approximate surface area is 147 Å². The molecule has 2 rings (SSSR count). The van der Waals surface area contributed by atoms with Gasteiger partial charge in [-0.15, -0.1) is 10.2 Å². The highest BCUT2D eigenvalue weighted by Gasteiger charge is 2.07. The molecule has 2 aromatic rings. The number of rotatable bonds is 8. The minimum atomic E-state index is -0.313. The van der Waals surface area contributed by atoms with Crippen molar-refractivity contribution >= 4 is 46.2 Å². The number of ether oxygens (including phenoxy) is 1. The molecule has 9 heteroatoms. The summed E-state index contributed by atoms with van der Waals surface area (Å²) < 4.78 is 10.9. The van der Waals surface area contributed by atoms with Crippen LogP contribution in [0.15, 0.2) is 27.0 Å². The lowest BCUT2D eigenvalue weighted by molar-refractivity contribution is -0.140. The van der Waals surface area contributed by atoms with E-state index < -0.39 is 0 Å². The Hall–Kier alpha value is -2.13. The zero-order valence-corrected chi connectivity index (χ0v) is 14.9. The quantitative estimate of drug-likeness (QED) is 0.332. The second-order valence-corrected chi connectivity index (χ2v) is 7.00. The fourth-order valence-electron chi connectivity index (χ4n) is 1.69. The van der Waals surface area contributed by atoms with Gasteiger partial charge in [-0.05, 0) is 24.0 Å². The third-order valence-electron chi connectivity index (χ3n) is 2.79. The summed E-state index contributed by atoms with van der Waals surface area (Å²) in [6.07, 6.45) is 3.62. The van der Waals surface area contributed by atoms with Gasteiger partial charge in [0.2, 0.25) is 11.0 Å². The van der Waals surface area contributed by atoms with E-state index in [-0.39, 0.29) is 18.3 Å². The molecule has 2 aromatic heterocycles. The van der Waals surface area contributed by atoms with Crippen LogP contribution in [-0.2, 0) is 20.7 Å². The number of aryl methyl sites for hydroxylation is 1. The summed E-state index contributed by atoms with van der Waals surface area (Å²) in [5.74, 6) is 1.49. The van der Waals surface area contributed by atoms with Crippen LogP contribution in [0.4, 0.5) is 5.13 Å². The monoisotopic (exact) mass is 367 g/mol. The molecule has 0 atom stereocenters. The molecule has 0 spiro atoms. The van der Waals surface area contributed by atoms with E-state index >= 15 is 0 Å². The Morgan fingerprint density at radius 3 is 3.00 bits per heavy atom. The number of hydrogen-bond acceptors (Lipinski definition) is 8. The van der Waals surface area contributed by atoms with Crippen molar-refractivity contribution in [1.29, 1.82) is 0 Å². The third kappa shape index (κ3) is 5.82. The molecular formula is C15H17N3O4S2. The van der Waals surface area contributed by atoms with E-state index in [1.165, 1.54) is 24.5 Å². The molecule has 0 aliphatic heterocycles. The van der Waals surface area contributed by atoms with Crippen LogP contribution in [0.25, 0.3) is 6.08 Å². The molecule has 24 heavy (non-hydrogen) atoms. The minimum absolute atomic E-state index is 0.253. The number of nitrogens with zero attached hydrogens (tertiary/aromatic N) is 2. The first kappa shape index (κ1) is 18.2. The van der Waals surface area contributed by atoms with Crippen LogP contribution < -0.4 is 5.32 Å². The fourth-order valence-corrected chi connectivity index (χ4v) is 3.34. The van der Waals surface area contributed by atoms with Crippen LogP contribution in [0.1, 0.15) is 24.9 Å². The SMILES string of the molecule is CCSc1nnc(NC(=O)/C=C/c2ccc(CCC(=O)OC)o2)s1. The number of amides is 1. The molecule has 0 unspecified atom stereocenters. The van der Waals surface area contributed by atoms with Crippen LogP contribution >= 0.6 is 23.1 Å². The Morgan fingerprint density at radius 1 is 1.42 bits per heavy atom. The van der Waals surface area contributed by atoms with Gasteiger partial charge in [-0.3, -0.25) is 14.9 Å². The smallest absolute Gasteiger partial charge is 0.305 e. The second-order valence-electron chi connectivity index (χ2n) is 4.51. The molecule has 0 aromatic carbocycles. The molecule has 2 heterocycles. The van der Waals surface area contributed by atoms with Crippen molar-refractivity contribution in [3.05, 3.63) is 29.7 Å². The maximum absolute atomic E-state index is 11.8. The summed E-state index contributed by atoms with van der Waals surface area (Å²) in [7, 11) is 1.35. The first-order valence-electron chi connectivity index (χ1n) is 7.21. The van der Waals surface area contributed by atoms with Crippen molar-refractivity contribution in [2.45, 2.75) is 24.1 Å². The van der Waals surface area contributed by atoms with Crippen molar-refractivity contribution in [2.24, 2.45) is 0 Å². The highest BCUT2D eigenvalue weighted by Crippen LogP contribution is 2.24. The molecule has 1 amide bonds. The van der Waals surface area contributed by atoms with Gasteiger partial charge in [-0.25, -0.2) is 0 Å².